The first-order valence-electron chi connectivity index (χ1n) is 6.50. The van der Waals surface area contributed by atoms with Gasteiger partial charge in [-0.2, -0.15) is 5.21 Å². The summed E-state index contributed by atoms with van der Waals surface area (Å²) in [6.45, 7) is 2.51. The number of benzene rings is 1. The van der Waals surface area contributed by atoms with Crippen molar-refractivity contribution in [2.24, 2.45) is 0 Å². The first-order valence-corrected chi connectivity index (χ1v) is 6.50. The average molecular weight is 282 g/mol. The molecule has 0 aliphatic heterocycles. The molecule has 2 heterocycles. The number of nitrogens with zero attached hydrogens (tertiary/aromatic N) is 4. The standard InChI is InChI=1S/C14H14N6O/c1-2-21-13-6-3-9(8-16-13)11-5-4-10(15)7-12(11)14-17-19-20-18-14/h3-8H,2,15H2,1H3,(H,17,18,19,20). The normalized spacial score (nSPS) is 10.5. The molecule has 0 unspecified atom stereocenters. The molecule has 0 saturated heterocycles. The van der Waals surface area contributed by atoms with Crippen LogP contribution in [0.2, 0.25) is 0 Å². The lowest BCUT2D eigenvalue weighted by atomic mass is 10.00. The van der Waals surface area contributed by atoms with Crippen molar-refractivity contribution in [1.29, 1.82) is 0 Å². The molecule has 1 aromatic carbocycles. The van der Waals surface area contributed by atoms with Gasteiger partial charge in [0.1, 0.15) is 0 Å². The number of tetrazole rings is 1. The van der Waals surface area contributed by atoms with E-state index in [0.29, 0.717) is 24.0 Å². The van der Waals surface area contributed by atoms with Crippen molar-refractivity contribution in [2.45, 2.75) is 6.92 Å². The van der Waals surface area contributed by atoms with Crippen molar-refractivity contribution in [1.82, 2.24) is 25.6 Å². The Labute approximate surface area is 121 Å². The summed E-state index contributed by atoms with van der Waals surface area (Å²) in [5, 5.41) is 14.1. The van der Waals surface area contributed by atoms with Gasteiger partial charge in [-0.25, -0.2) is 4.98 Å². The number of aromatic amines is 1. The Morgan fingerprint density at radius 3 is 2.76 bits per heavy atom. The van der Waals surface area contributed by atoms with E-state index in [9.17, 15) is 0 Å². The van der Waals surface area contributed by atoms with Gasteiger partial charge in [0, 0.05) is 29.1 Å². The van der Waals surface area contributed by atoms with Crippen LogP contribution in [0.15, 0.2) is 36.5 Å². The SMILES string of the molecule is CCOc1ccc(-c2ccc(N)cc2-c2nn[nH]n2)cn1. The predicted molar refractivity (Wildman–Crippen MR) is 78.4 cm³/mol. The molecule has 0 fully saturated rings. The molecular weight excluding hydrogens is 268 g/mol. The quantitative estimate of drug-likeness (QED) is 0.708. The van der Waals surface area contributed by atoms with Crippen LogP contribution in [0, 0.1) is 0 Å². The maximum absolute atomic E-state index is 5.85. The number of anilines is 1. The van der Waals surface area contributed by atoms with Gasteiger partial charge in [0.15, 0.2) is 0 Å². The molecule has 0 spiro atoms. The van der Waals surface area contributed by atoms with Gasteiger partial charge >= 0.3 is 0 Å². The molecule has 0 aliphatic rings. The molecule has 2 aromatic heterocycles. The fourth-order valence-electron chi connectivity index (χ4n) is 2.05. The van der Waals surface area contributed by atoms with Crippen LogP contribution in [-0.4, -0.2) is 32.2 Å². The Bertz CT molecular complexity index is 724. The topological polar surface area (TPSA) is 103 Å². The number of aromatic nitrogens is 5. The molecule has 7 nitrogen and oxygen atoms in total. The van der Waals surface area contributed by atoms with Crippen molar-refractivity contribution < 1.29 is 4.74 Å². The second-order valence-electron chi connectivity index (χ2n) is 4.36. The van der Waals surface area contributed by atoms with Crippen molar-refractivity contribution in [3.8, 4) is 28.4 Å². The summed E-state index contributed by atoms with van der Waals surface area (Å²) < 4.78 is 5.35. The van der Waals surface area contributed by atoms with Crippen LogP contribution in [0.5, 0.6) is 5.88 Å². The van der Waals surface area contributed by atoms with E-state index in [1.54, 1.807) is 6.20 Å². The third kappa shape index (κ3) is 2.66. The van der Waals surface area contributed by atoms with Crippen LogP contribution < -0.4 is 10.5 Å². The number of ether oxygens (including phenoxy) is 1. The third-order valence-electron chi connectivity index (χ3n) is 2.97. The molecule has 0 atom stereocenters. The lowest BCUT2D eigenvalue weighted by Crippen LogP contribution is -1.95. The fraction of sp³-hybridized carbons (Fsp3) is 0.143. The third-order valence-corrected chi connectivity index (χ3v) is 2.97. The maximum Gasteiger partial charge on any atom is 0.213 e. The molecule has 7 heteroatoms. The van der Waals surface area contributed by atoms with Crippen LogP contribution in [0.1, 0.15) is 6.92 Å². The lowest BCUT2D eigenvalue weighted by Gasteiger charge is -2.08. The maximum atomic E-state index is 5.85. The molecule has 3 rings (SSSR count). The molecule has 3 aromatic rings. The number of nitrogens with two attached hydrogens (primary N) is 1. The average Bonchev–Trinajstić information content (AvgIpc) is 3.03. The molecule has 3 N–H and O–H groups in total. The van der Waals surface area contributed by atoms with Gasteiger partial charge in [0.25, 0.3) is 0 Å². The molecule has 0 amide bonds. The van der Waals surface area contributed by atoms with E-state index in [0.717, 1.165) is 16.7 Å². The minimum absolute atomic E-state index is 0.492. The van der Waals surface area contributed by atoms with E-state index in [1.165, 1.54) is 0 Å². The molecule has 0 saturated carbocycles. The summed E-state index contributed by atoms with van der Waals surface area (Å²) in [7, 11) is 0. The number of nitrogens with one attached hydrogen (secondary N) is 1. The van der Waals surface area contributed by atoms with Crippen LogP contribution in [0.4, 0.5) is 5.69 Å². The number of nitrogen functional groups attached to an aromatic ring is 1. The van der Waals surface area contributed by atoms with Gasteiger partial charge in [0.05, 0.1) is 6.61 Å². The molecule has 106 valence electrons. The number of pyridine rings is 1. The molecule has 0 aliphatic carbocycles. The Balaban J connectivity index is 2.05. The van der Waals surface area contributed by atoms with Crippen LogP contribution in [-0.2, 0) is 0 Å². The van der Waals surface area contributed by atoms with E-state index in [1.807, 2.05) is 37.3 Å². The zero-order valence-corrected chi connectivity index (χ0v) is 11.4. The number of H-pyrrole nitrogens is 1. The van der Waals surface area contributed by atoms with Crippen molar-refractivity contribution in [2.75, 3.05) is 12.3 Å². The molecule has 0 radical (unpaired) electrons. The van der Waals surface area contributed by atoms with Crippen molar-refractivity contribution in [3.63, 3.8) is 0 Å². The number of hydrogen-bond donors (Lipinski definition) is 2. The number of rotatable bonds is 4. The van der Waals surface area contributed by atoms with E-state index in [2.05, 4.69) is 25.6 Å². The van der Waals surface area contributed by atoms with Crippen LogP contribution >= 0.6 is 0 Å². The molecular formula is C14H14N6O. The van der Waals surface area contributed by atoms with E-state index >= 15 is 0 Å². The zero-order valence-electron chi connectivity index (χ0n) is 11.4. The predicted octanol–water partition coefficient (Wildman–Crippen LogP) is 1.91. The summed E-state index contributed by atoms with van der Waals surface area (Å²) in [6, 6.07) is 9.33. The zero-order chi connectivity index (χ0) is 14.7. The highest BCUT2D eigenvalue weighted by atomic mass is 16.5. The highest BCUT2D eigenvalue weighted by Gasteiger charge is 2.12. The fourth-order valence-corrected chi connectivity index (χ4v) is 2.05. The Kier molecular flexibility index (Phi) is 3.46. The van der Waals surface area contributed by atoms with E-state index in [-0.39, 0.29) is 0 Å². The molecule has 21 heavy (non-hydrogen) atoms. The van der Waals surface area contributed by atoms with Gasteiger partial charge < -0.3 is 10.5 Å². The van der Waals surface area contributed by atoms with Gasteiger partial charge in [-0.3, -0.25) is 0 Å². The first kappa shape index (κ1) is 13.0. The minimum atomic E-state index is 0.492. The monoisotopic (exact) mass is 282 g/mol. The summed E-state index contributed by atoms with van der Waals surface area (Å²) in [5.74, 6) is 1.09. The second-order valence-corrected chi connectivity index (χ2v) is 4.36. The first-order chi connectivity index (χ1) is 10.3. The van der Waals surface area contributed by atoms with E-state index in [4.69, 9.17) is 10.5 Å². The van der Waals surface area contributed by atoms with Crippen LogP contribution in [0.25, 0.3) is 22.5 Å². The Hall–Kier alpha value is -2.96. The summed E-state index contributed by atoms with van der Waals surface area (Å²) >= 11 is 0. The summed E-state index contributed by atoms with van der Waals surface area (Å²) in [4.78, 5) is 4.27. The van der Waals surface area contributed by atoms with Gasteiger partial charge in [-0.05, 0) is 35.9 Å². The van der Waals surface area contributed by atoms with Crippen molar-refractivity contribution in [3.05, 3.63) is 36.5 Å². The highest BCUT2D eigenvalue weighted by Crippen LogP contribution is 2.31. The largest absolute Gasteiger partial charge is 0.478 e. The smallest absolute Gasteiger partial charge is 0.213 e. The van der Waals surface area contributed by atoms with E-state index < -0.39 is 0 Å². The van der Waals surface area contributed by atoms with Gasteiger partial charge in [0.2, 0.25) is 11.7 Å². The van der Waals surface area contributed by atoms with Gasteiger partial charge in [-0.15, -0.1) is 10.2 Å². The second kappa shape index (κ2) is 5.58. The lowest BCUT2D eigenvalue weighted by molar-refractivity contribution is 0.327. The summed E-state index contributed by atoms with van der Waals surface area (Å²) in [6.07, 6.45) is 1.75. The Morgan fingerprint density at radius 1 is 1.19 bits per heavy atom. The van der Waals surface area contributed by atoms with Crippen LogP contribution in [0.3, 0.4) is 0 Å². The van der Waals surface area contributed by atoms with Gasteiger partial charge in [-0.1, -0.05) is 6.07 Å². The Morgan fingerprint density at radius 2 is 2.10 bits per heavy atom. The number of hydrogen-bond acceptors (Lipinski definition) is 6. The molecule has 0 bridgehead atoms. The van der Waals surface area contributed by atoms with Crippen molar-refractivity contribution >= 4 is 5.69 Å². The minimum Gasteiger partial charge on any atom is -0.478 e. The highest BCUT2D eigenvalue weighted by molar-refractivity contribution is 5.82. The summed E-state index contributed by atoms with van der Waals surface area (Å²) in [5.41, 5.74) is 9.15.